The fourth-order valence-corrected chi connectivity index (χ4v) is 4.01. The van der Waals surface area contributed by atoms with Crippen LogP contribution in [0.25, 0.3) is 22.3 Å². The van der Waals surface area contributed by atoms with Gasteiger partial charge in [-0.3, -0.25) is 0 Å². The number of H-pyrrole nitrogens is 1. The zero-order valence-corrected chi connectivity index (χ0v) is 14.9. The molecule has 5 rings (SSSR count). The molecule has 0 radical (unpaired) electrons. The maximum Gasteiger partial charge on any atom is 0.138 e. The van der Waals surface area contributed by atoms with Crippen LogP contribution in [0, 0.1) is 6.92 Å². The average molecular weight is 349 g/mol. The van der Waals surface area contributed by atoms with E-state index in [1.54, 1.807) is 6.20 Å². The highest BCUT2D eigenvalue weighted by Crippen LogP contribution is 2.39. The number of aliphatic hydroxyl groups is 1. The van der Waals surface area contributed by atoms with Gasteiger partial charge in [0.2, 0.25) is 0 Å². The molecule has 1 unspecified atom stereocenters. The van der Waals surface area contributed by atoms with E-state index in [0.717, 1.165) is 66.3 Å². The molecule has 4 heterocycles. The van der Waals surface area contributed by atoms with E-state index in [0.29, 0.717) is 0 Å². The van der Waals surface area contributed by atoms with Crippen molar-refractivity contribution in [2.45, 2.75) is 31.4 Å². The Bertz CT molecular complexity index is 962. The zero-order valence-electron chi connectivity index (χ0n) is 14.9. The molecule has 3 aromatic heterocycles. The Hall–Kier alpha value is -2.44. The summed E-state index contributed by atoms with van der Waals surface area (Å²) in [5.41, 5.74) is 3.52. The molecule has 3 N–H and O–H groups in total. The molecule has 2 aliphatic rings. The van der Waals surface area contributed by atoms with Gasteiger partial charge in [-0.1, -0.05) is 6.07 Å². The molecule has 1 atom stereocenters. The third kappa shape index (κ3) is 2.57. The molecule has 0 bridgehead atoms. The maximum atomic E-state index is 10.5. The first-order valence-electron chi connectivity index (χ1n) is 9.25. The molecule has 1 aliphatic heterocycles. The van der Waals surface area contributed by atoms with E-state index in [-0.39, 0.29) is 6.04 Å². The van der Waals surface area contributed by atoms with Gasteiger partial charge in [-0.05, 0) is 44.0 Å². The van der Waals surface area contributed by atoms with E-state index < -0.39 is 5.60 Å². The van der Waals surface area contributed by atoms with Gasteiger partial charge in [0, 0.05) is 42.5 Å². The molecule has 0 amide bonds. The predicted molar refractivity (Wildman–Crippen MR) is 102 cm³/mol. The number of aryl methyl sites for hydroxylation is 1. The summed E-state index contributed by atoms with van der Waals surface area (Å²) in [6, 6.07) is 10.3. The summed E-state index contributed by atoms with van der Waals surface area (Å²) in [5.74, 6) is 0.968. The minimum absolute atomic E-state index is 0.126. The van der Waals surface area contributed by atoms with Crippen molar-refractivity contribution in [3.8, 4) is 11.3 Å². The predicted octanol–water partition coefficient (Wildman–Crippen LogP) is 2.24. The van der Waals surface area contributed by atoms with E-state index in [1.165, 1.54) is 0 Å². The Balaban J connectivity index is 1.50. The van der Waals surface area contributed by atoms with Gasteiger partial charge in [0.15, 0.2) is 0 Å². The second-order valence-corrected chi connectivity index (χ2v) is 7.46. The second kappa shape index (κ2) is 5.79. The Labute approximate surface area is 152 Å². The van der Waals surface area contributed by atoms with Crippen LogP contribution in [0.1, 0.15) is 18.5 Å². The number of anilines is 1. The topological polar surface area (TPSA) is 77.1 Å². The van der Waals surface area contributed by atoms with Crippen molar-refractivity contribution in [3.05, 3.63) is 42.2 Å². The van der Waals surface area contributed by atoms with E-state index >= 15 is 0 Å². The lowest BCUT2D eigenvalue weighted by atomic mass is 10.1. The average Bonchev–Trinajstić information content (AvgIpc) is 3.33. The van der Waals surface area contributed by atoms with Gasteiger partial charge < -0.3 is 20.3 Å². The smallest absolute Gasteiger partial charge is 0.138 e. The molecule has 134 valence electrons. The number of nitrogens with zero attached hydrogens (tertiary/aromatic N) is 3. The highest BCUT2D eigenvalue weighted by atomic mass is 16.3. The Morgan fingerprint density at radius 3 is 2.96 bits per heavy atom. The molecule has 6 heteroatoms. The fourth-order valence-electron chi connectivity index (χ4n) is 4.01. The van der Waals surface area contributed by atoms with Crippen molar-refractivity contribution >= 4 is 16.9 Å². The minimum Gasteiger partial charge on any atom is -0.388 e. The summed E-state index contributed by atoms with van der Waals surface area (Å²) >= 11 is 0. The first-order valence-corrected chi connectivity index (χ1v) is 9.25. The fraction of sp³-hybridized carbons (Fsp3) is 0.400. The number of pyridine rings is 2. The molecule has 0 aromatic carbocycles. The van der Waals surface area contributed by atoms with Crippen LogP contribution in [-0.4, -0.2) is 51.3 Å². The molecule has 1 aliphatic carbocycles. The first-order chi connectivity index (χ1) is 12.6. The van der Waals surface area contributed by atoms with E-state index in [2.05, 4.69) is 51.4 Å². The number of fused-ring (bicyclic) bond motifs is 1. The van der Waals surface area contributed by atoms with Gasteiger partial charge in [-0.15, -0.1) is 0 Å². The maximum absolute atomic E-state index is 10.5. The number of hydrogen-bond donors (Lipinski definition) is 3. The molecular weight excluding hydrogens is 326 g/mol. The van der Waals surface area contributed by atoms with Crippen LogP contribution >= 0.6 is 0 Å². The van der Waals surface area contributed by atoms with Gasteiger partial charge in [-0.2, -0.15) is 0 Å². The first kappa shape index (κ1) is 15.8. The van der Waals surface area contributed by atoms with Crippen molar-refractivity contribution in [2.24, 2.45) is 0 Å². The molecule has 3 aromatic rings. The third-order valence-corrected chi connectivity index (χ3v) is 5.66. The van der Waals surface area contributed by atoms with E-state index in [4.69, 9.17) is 4.98 Å². The monoisotopic (exact) mass is 349 g/mol. The summed E-state index contributed by atoms with van der Waals surface area (Å²) in [6.07, 6.45) is 3.59. The van der Waals surface area contributed by atoms with Crippen molar-refractivity contribution in [2.75, 3.05) is 24.5 Å². The highest BCUT2D eigenvalue weighted by molar-refractivity contribution is 5.94. The Kier molecular flexibility index (Phi) is 3.52. The van der Waals surface area contributed by atoms with E-state index in [9.17, 15) is 5.11 Å². The Morgan fingerprint density at radius 2 is 2.12 bits per heavy atom. The van der Waals surface area contributed by atoms with Crippen LogP contribution in [0.3, 0.4) is 0 Å². The largest absolute Gasteiger partial charge is 0.388 e. The SMILES string of the molecule is Cc1[nH]c2ncccc2c1-c1cccc(N2CCNC(C3(O)CC3)C2)n1. The quantitative estimate of drug-likeness (QED) is 0.676. The number of piperazine rings is 1. The number of aromatic nitrogens is 3. The number of hydrogen-bond acceptors (Lipinski definition) is 5. The summed E-state index contributed by atoms with van der Waals surface area (Å²) in [4.78, 5) is 15.0. The van der Waals surface area contributed by atoms with Crippen LogP contribution in [-0.2, 0) is 0 Å². The van der Waals surface area contributed by atoms with E-state index in [1.807, 2.05) is 6.07 Å². The van der Waals surface area contributed by atoms with Crippen LogP contribution < -0.4 is 10.2 Å². The summed E-state index contributed by atoms with van der Waals surface area (Å²) < 4.78 is 0. The number of rotatable bonds is 3. The summed E-state index contributed by atoms with van der Waals surface area (Å²) in [6.45, 7) is 4.63. The zero-order chi connectivity index (χ0) is 17.7. The molecular formula is C20H23N5O. The van der Waals surface area contributed by atoms with Crippen LogP contribution in [0.15, 0.2) is 36.5 Å². The molecule has 0 spiro atoms. The van der Waals surface area contributed by atoms with Gasteiger partial charge in [0.05, 0.1) is 17.3 Å². The van der Waals surface area contributed by atoms with Crippen molar-refractivity contribution in [3.63, 3.8) is 0 Å². The summed E-state index contributed by atoms with van der Waals surface area (Å²) in [5, 5.41) is 15.0. The van der Waals surface area contributed by atoms with Crippen molar-refractivity contribution in [1.29, 1.82) is 0 Å². The number of nitrogens with one attached hydrogen (secondary N) is 2. The number of aromatic amines is 1. The standard InChI is InChI=1S/C20H23N5O/c1-13-18(14-4-3-9-22-19(14)23-13)15-5-2-6-17(24-15)25-11-10-21-16(12-25)20(26)7-8-20/h2-6,9,16,21,26H,7-8,10-12H2,1H3,(H,22,23). The van der Waals surface area contributed by atoms with Gasteiger partial charge in [-0.25, -0.2) is 9.97 Å². The van der Waals surface area contributed by atoms with Gasteiger partial charge in [0.25, 0.3) is 0 Å². The van der Waals surface area contributed by atoms with Gasteiger partial charge >= 0.3 is 0 Å². The molecule has 6 nitrogen and oxygen atoms in total. The normalized spacial score (nSPS) is 21.9. The molecule has 26 heavy (non-hydrogen) atoms. The lowest BCUT2D eigenvalue weighted by Gasteiger charge is -2.37. The minimum atomic E-state index is -0.518. The van der Waals surface area contributed by atoms with Crippen LogP contribution in [0.5, 0.6) is 0 Å². The Morgan fingerprint density at radius 1 is 1.23 bits per heavy atom. The lowest BCUT2D eigenvalue weighted by molar-refractivity contribution is 0.0995. The van der Waals surface area contributed by atoms with Crippen LogP contribution in [0.2, 0.25) is 0 Å². The lowest BCUT2D eigenvalue weighted by Crippen LogP contribution is -2.57. The van der Waals surface area contributed by atoms with Crippen molar-refractivity contribution in [1.82, 2.24) is 20.3 Å². The second-order valence-electron chi connectivity index (χ2n) is 7.46. The molecule has 1 saturated carbocycles. The third-order valence-electron chi connectivity index (χ3n) is 5.66. The molecule has 2 fully saturated rings. The van der Waals surface area contributed by atoms with Crippen LogP contribution in [0.4, 0.5) is 5.82 Å². The highest BCUT2D eigenvalue weighted by Gasteiger charge is 2.49. The summed E-state index contributed by atoms with van der Waals surface area (Å²) in [7, 11) is 0. The van der Waals surface area contributed by atoms with Gasteiger partial charge in [0.1, 0.15) is 11.5 Å². The van der Waals surface area contributed by atoms with Crippen molar-refractivity contribution < 1.29 is 5.11 Å². The molecule has 1 saturated heterocycles.